The highest BCUT2D eigenvalue weighted by Gasteiger charge is 2.32. The lowest BCUT2D eigenvalue weighted by molar-refractivity contribution is -0.132. The fourth-order valence-electron chi connectivity index (χ4n) is 1.95. The quantitative estimate of drug-likeness (QED) is 0.744. The molecule has 1 aliphatic heterocycles. The summed E-state index contributed by atoms with van der Waals surface area (Å²) >= 11 is 0. The SMILES string of the molecule is CO[C@@H]1COC[C@@H](CNC(=O)c2cnccn2)[C@@H]1O. The van der Waals surface area contributed by atoms with Gasteiger partial charge in [-0.3, -0.25) is 9.78 Å². The zero-order chi connectivity index (χ0) is 13.7. The molecule has 0 unspecified atom stereocenters. The number of ether oxygens (including phenoxy) is 2. The Morgan fingerprint density at radius 1 is 1.58 bits per heavy atom. The second-order valence-electron chi connectivity index (χ2n) is 4.36. The molecule has 0 spiro atoms. The summed E-state index contributed by atoms with van der Waals surface area (Å²) in [5, 5.41) is 12.7. The predicted octanol–water partition coefficient (Wildman–Crippen LogP) is -0.771. The van der Waals surface area contributed by atoms with Gasteiger partial charge >= 0.3 is 0 Å². The van der Waals surface area contributed by atoms with Gasteiger partial charge in [0, 0.05) is 32.0 Å². The van der Waals surface area contributed by atoms with Crippen molar-refractivity contribution in [1.29, 1.82) is 0 Å². The Bertz CT molecular complexity index is 415. The summed E-state index contributed by atoms with van der Waals surface area (Å²) in [7, 11) is 1.53. The van der Waals surface area contributed by atoms with E-state index in [1.54, 1.807) is 0 Å². The molecule has 7 heteroatoms. The molecule has 1 fully saturated rings. The Morgan fingerprint density at radius 2 is 2.42 bits per heavy atom. The molecule has 0 aromatic carbocycles. The minimum Gasteiger partial charge on any atom is -0.390 e. The summed E-state index contributed by atoms with van der Waals surface area (Å²) in [6.07, 6.45) is 3.34. The number of carbonyl (C=O) groups excluding carboxylic acids is 1. The zero-order valence-electron chi connectivity index (χ0n) is 10.7. The maximum atomic E-state index is 11.8. The number of aromatic nitrogens is 2. The lowest BCUT2D eigenvalue weighted by atomic mass is 9.96. The molecule has 1 aromatic rings. The molecule has 1 amide bonds. The van der Waals surface area contributed by atoms with E-state index in [1.807, 2.05) is 0 Å². The maximum Gasteiger partial charge on any atom is 0.271 e. The molecule has 2 N–H and O–H groups in total. The number of rotatable bonds is 4. The van der Waals surface area contributed by atoms with Gasteiger partial charge < -0.3 is 19.9 Å². The Labute approximate surface area is 111 Å². The van der Waals surface area contributed by atoms with E-state index in [4.69, 9.17) is 9.47 Å². The van der Waals surface area contributed by atoms with Crippen LogP contribution in [0.15, 0.2) is 18.6 Å². The van der Waals surface area contributed by atoms with E-state index in [2.05, 4.69) is 15.3 Å². The minimum atomic E-state index is -0.652. The number of methoxy groups -OCH3 is 1. The lowest BCUT2D eigenvalue weighted by Gasteiger charge is -2.33. The normalized spacial score (nSPS) is 26.9. The third-order valence-corrected chi connectivity index (χ3v) is 3.10. The van der Waals surface area contributed by atoms with Gasteiger partial charge in [-0.1, -0.05) is 0 Å². The van der Waals surface area contributed by atoms with Crippen LogP contribution in [0.4, 0.5) is 0 Å². The van der Waals surface area contributed by atoms with Gasteiger partial charge in [0.15, 0.2) is 0 Å². The van der Waals surface area contributed by atoms with Crippen LogP contribution in [-0.2, 0) is 9.47 Å². The van der Waals surface area contributed by atoms with Gasteiger partial charge in [0.25, 0.3) is 5.91 Å². The van der Waals surface area contributed by atoms with Crippen LogP contribution < -0.4 is 5.32 Å². The van der Waals surface area contributed by atoms with E-state index in [0.717, 1.165) is 0 Å². The first-order chi connectivity index (χ1) is 9.22. The molecular formula is C12H17N3O4. The molecule has 0 bridgehead atoms. The maximum absolute atomic E-state index is 11.8. The summed E-state index contributed by atoms with van der Waals surface area (Å²) in [6.45, 7) is 1.06. The number of hydrogen-bond acceptors (Lipinski definition) is 6. The fraction of sp³-hybridized carbons (Fsp3) is 0.583. The minimum absolute atomic E-state index is 0.195. The van der Waals surface area contributed by atoms with Crippen molar-refractivity contribution in [2.75, 3.05) is 26.9 Å². The van der Waals surface area contributed by atoms with Crippen molar-refractivity contribution >= 4 is 5.91 Å². The molecule has 0 saturated carbocycles. The predicted molar refractivity (Wildman–Crippen MR) is 65.5 cm³/mol. The smallest absolute Gasteiger partial charge is 0.271 e. The number of carbonyl (C=O) groups is 1. The van der Waals surface area contributed by atoms with Crippen molar-refractivity contribution in [2.24, 2.45) is 5.92 Å². The molecule has 0 radical (unpaired) electrons. The fourth-order valence-corrected chi connectivity index (χ4v) is 1.95. The van der Waals surface area contributed by atoms with Crippen LogP contribution in [0.3, 0.4) is 0 Å². The first kappa shape index (κ1) is 13.9. The molecule has 3 atom stereocenters. The highest BCUT2D eigenvalue weighted by Crippen LogP contribution is 2.16. The Morgan fingerprint density at radius 3 is 3.11 bits per heavy atom. The van der Waals surface area contributed by atoms with Gasteiger partial charge in [-0.15, -0.1) is 0 Å². The molecule has 19 heavy (non-hydrogen) atoms. The molecule has 0 aliphatic carbocycles. The number of aliphatic hydroxyl groups is 1. The van der Waals surface area contributed by atoms with Crippen LogP contribution in [0.1, 0.15) is 10.5 Å². The molecule has 2 heterocycles. The first-order valence-electron chi connectivity index (χ1n) is 6.05. The molecule has 1 saturated heterocycles. The van der Waals surface area contributed by atoms with Gasteiger partial charge in [0.2, 0.25) is 0 Å². The number of amides is 1. The van der Waals surface area contributed by atoms with Crippen LogP contribution in [-0.4, -0.2) is 60.1 Å². The van der Waals surface area contributed by atoms with Crippen molar-refractivity contribution in [3.63, 3.8) is 0 Å². The Balaban J connectivity index is 1.86. The van der Waals surface area contributed by atoms with E-state index in [9.17, 15) is 9.90 Å². The molecule has 2 rings (SSSR count). The second-order valence-corrected chi connectivity index (χ2v) is 4.36. The highest BCUT2D eigenvalue weighted by atomic mass is 16.5. The van der Waals surface area contributed by atoms with E-state index in [0.29, 0.717) is 19.8 Å². The van der Waals surface area contributed by atoms with Crippen molar-refractivity contribution < 1.29 is 19.4 Å². The van der Waals surface area contributed by atoms with Gasteiger partial charge in [-0.2, -0.15) is 0 Å². The zero-order valence-corrected chi connectivity index (χ0v) is 10.7. The number of aliphatic hydroxyl groups excluding tert-OH is 1. The number of nitrogens with zero attached hydrogens (tertiary/aromatic N) is 2. The lowest BCUT2D eigenvalue weighted by Crippen LogP contribution is -2.49. The summed E-state index contributed by atoms with van der Waals surface area (Å²) in [5.74, 6) is -0.515. The third kappa shape index (κ3) is 3.46. The van der Waals surface area contributed by atoms with Crippen LogP contribution >= 0.6 is 0 Å². The van der Waals surface area contributed by atoms with Crippen LogP contribution in [0.25, 0.3) is 0 Å². The van der Waals surface area contributed by atoms with E-state index in [-0.39, 0.29) is 23.6 Å². The van der Waals surface area contributed by atoms with Gasteiger partial charge in [0.1, 0.15) is 11.8 Å². The molecule has 7 nitrogen and oxygen atoms in total. The van der Waals surface area contributed by atoms with Crippen molar-refractivity contribution in [3.8, 4) is 0 Å². The highest BCUT2D eigenvalue weighted by molar-refractivity contribution is 5.91. The Hall–Kier alpha value is -1.57. The van der Waals surface area contributed by atoms with Crippen molar-refractivity contribution in [3.05, 3.63) is 24.3 Å². The first-order valence-corrected chi connectivity index (χ1v) is 6.05. The van der Waals surface area contributed by atoms with Crippen molar-refractivity contribution in [1.82, 2.24) is 15.3 Å². The molecular weight excluding hydrogens is 250 g/mol. The molecule has 104 valence electrons. The standard InChI is InChI=1S/C12H17N3O4/c1-18-10-7-19-6-8(11(10)16)4-15-12(17)9-5-13-2-3-14-9/h2-3,5,8,10-11,16H,4,6-7H2,1H3,(H,15,17)/t8-,10-,11+/m1/s1. The third-order valence-electron chi connectivity index (χ3n) is 3.10. The van der Waals surface area contributed by atoms with E-state index < -0.39 is 6.10 Å². The van der Waals surface area contributed by atoms with Crippen LogP contribution in [0.5, 0.6) is 0 Å². The molecule has 1 aromatic heterocycles. The average Bonchev–Trinajstić information content (AvgIpc) is 2.47. The van der Waals surface area contributed by atoms with Gasteiger partial charge in [0.05, 0.1) is 25.5 Å². The van der Waals surface area contributed by atoms with Gasteiger partial charge in [-0.05, 0) is 0 Å². The number of hydrogen-bond donors (Lipinski definition) is 2. The summed E-state index contributed by atoms with van der Waals surface area (Å²) in [4.78, 5) is 19.5. The van der Waals surface area contributed by atoms with E-state index in [1.165, 1.54) is 25.7 Å². The summed E-state index contributed by atoms with van der Waals surface area (Å²) in [5.41, 5.74) is 0.247. The van der Waals surface area contributed by atoms with E-state index >= 15 is 0 Å². The van der Waals surface area contributed by atoms with Crippen LogP contribution in [0.2, 0.25) is 0 Å². The Kier molecular flexibility index (Phi) is 4.78. The van der Waals surface area contributed by atoms with Gasteiger partial charge in [-0.25, -0.2) is 4.98 Å². The monoisotopic (exact) mass is 267 g/mol. The average molecular weight is 267 g/mol. The largest absolute Gasteiger partial charge is 0.390 e. The van der Waals surface area contributed by atoms with Crippen molar-refractivity contribution in [2.45, 2.75) is 12.2 Å². The summed E-state index contributed by atoms with van der Waals surface area (Å²) in [6, 6.07) is 0. The number of nitrogens with one attached hydrogen (secondary N) is 1. The topological polar surface area (TPSA) is 93.6 Å². The second kappa shape index (κ2) is 6.55. The summed E-state index contributed by atoms with van der Waals surface area (Å²) < 4.78 is 10.4. The van der Waals surface area contributed by atoms with Crippen LogP contribution in [0, 0.1) is 5.92 Å². The molecule has 1 aliphatic rings.